The second kappa shape index (κ2) is 10.7. The van der Waals surface area contributed by atoms with Crippen molar-refractivity contribution in [2.45, 2.75) is 67.2 Å². The Balaban J connectivity index is 2.62. The Hall–Kier alpha value is -3.36. The van der Waals surface area contributed by atoms with Crippen molar-refractivity contribution >= 4 is 23.9 Å². The maximum atomic E-state index is 14.0. The standard InChI is InChI=1S/C20H14F14O8/c1-2-9(35)39-6-10(36)40-11-7-3-4-8(5-7)14(11,41-12(37)15(21,22)17(25,26)19(29,30)31)42-13(38)16(23,24)18(27,28)20(32,33)34/h2,7-8,11H,1,3-6H2. The third-order valence-electron chi connectivity index (χ3n) is 6.14. The summed E-state index contributed by atoms with van der Waals surface area (Å²) in [6, 6.07) is 0. The molecule has 2 aliphatic carbocycles. The lowest BCUT2D eigenvalue weighted by Gasteiger charge is -2.42. The number of hydrogen-bond acceptors (Lipinski definition) is 8. The van der Waals surface area contributed by atoms with E-state index in [9.17, 15) is 80.6 Å². The number of hydrogen-bond donors (Lipinski definition) is 0. The number of ether oxygens (including phenoxy) is 4. The Morgan fingerprint density at radius 2 is 1.17 bits per heavy atom. The summed E-state index contributed by atoms with van der Waals surface area (Å²) < 4.78 is 202. The molecule has 0 aliphatic heterocycles. The van der Waals surface area contributed by atoms with Gasteiger partial charge >= 0.3 is 59.9 Å². The van der Waals surface area contributed by atoms with Crippen molar-refractivity contribution in [1.29, 1.82) is 0 Å². The summed E-state index contributed by atoms with van der Waals surface area (Å²) in [5.41, 5.74) is 0. The Labute approximate surface area is 222 Å². The predicted octanol–water partition coefficient (Wildman–Crippen LogP) is 4.51. The topological polar surface area (TPSA) is 105 Å². The highest BCUT2D eigenvalue weighted by Crippen LogP contribution is 2.57. The molecule has 2 saturated carbocycles. The molecule has 0 N–H and O–H groups in total. The molecule has 2 bridgehead atoms. The lowest BCUT2D eigenvalue weighted by Crippen LogP contribution is -2.64. The largest absolute Gasteiger partial charge is 0.460 e. The SMILES string of the molecule is C=CC(=O)OCC(=O)OC1C2CCC(C2)C1(OC(=O)C(F)(F)C(F)(F)C(F)(F)F)OC(=O)C(F)(F)C(F)(F)C(F)(F)F. The predicted molar refractivity (Wildman–Crippen MR) is 98.7 cm³/mol. The molecule has 0 aromatic heterocycles. The molecule has 0 heterocycles. The average Bonchev–Trinajstić information content (AvgIpc) is 3.42. The number of carbonyl (C=O) groups excluding carboxylic acids is 4. The van der Waals surface area contributed by atoms with Crippen LogP contribution in [0.1, 0.15) is 19.3 Å². The van der Waals surface area contributed by atoms with Crippen molar-refractivity contribution in [2.75, 3.05) is 6.61 Å². The highest BCUT2D eigenvalue weighted by atomic mass is 19.4. The van der Waals surface area contributed by atoms with Crippen molar-refractivity contribution < 1.29 is 99.6 Å². The minimum absolute atomic E-state index is 0.309. The van der Waals surface area contributed by atoms with Crippen LogP contribution in [0.5, 0.6) is 0 Å². The van der Waals surface area contributed by atoms with Gasteiger partial charge in [0.1, 0.15) is 0 Å². The molecule has 0 saturated heterocycles. The summed E-state index contributed by atoms with van der Waals surface area (Å²) in [6.07, 6.45) is -18.4. The van der Waals surface area contributed by atoms with Gasteiger partial charge in [0.25, 0.3) is 5.79 Å². The minimum atomic E-state index is -7.28. The van der Waals surface area contributed by atoms with Gasteiger partial charge in [0.15, 0.2) is 12.7 Å². The van der Waals surface area contributed by atoms with Crippen molar-refractivity contribution in [3.63, 3.8) is 0 Å². The summed E-state index contributed by atoms with van der Waals surface area (Å²) in [5, 5.41) is 0. The quantitative estimate of drug-likeness (QED) is 0.112. The van der Waals surface area contributed by atoms with Gasteiger partial charge in [-0.05, 0) is 19.3 Å². The molecule has 3 atom stereocenters. The summed E-state index contributed by atoms with van der Waals surface area (Å²) in [5.74, 6) is -47.4. The van der Waals surface area contributed by atoms with Crippen LogP contribution in [-0.4, -0.2) is 78.4 Å². The second-order valence-corrected chi connectivity index (χ2v) is 8.79. The van der Waals surface area contributed by atoms with E-state index in [0.717, 1.165) is 0 Å². The fraction of sp³-hybridized carbons (Fsp3) is 0.700. The van der Waals surface area contributed by atoms with Gasteiger partial charge < -0.3 is 18.9 Å². The van der Waals surface area contributed by atoms with Crippen LogP contribution in [0.2, 0.25) is 0 Å². The number of esters is 4. The van der Waals surface area contributed by atoms with Gasteiger partial charge in [-0.3, -0.25) is 0 Å². The second-order valence-electron chi connectivity index (χ2n) is 8.79. The van der Waals surface area contributed by atoms with Gasteiger partial charge in [0.05, 0.1) is 0 Å². The summed E-state index contributed by atoms with van der Waals surface area (Å²) in [6.45, 7) is 1.44. The Morgan fingerprint density at radius 3 is 1.55 bits per heavy atom. The van der Waals surface area contributed by atoms with E-state index in [4.69, 9.17) is 0 Å². The fourth-order valence-corrected chi connectivity index (χ4v) is 4.09. The van der Waals surface area contributed by atoms with Crippen molar-refractivity contribution in [3.8, 4) is 0 Å². The number of fused-ring (bicyclic) bond motifs is 2. The molecular weight excluding hydrogens is 634 g/mol. The van der Waals surface area contributed by atoms with Gasteiger partial charge in [-0.1, -0.05) is 6.58 Å². The number of carbonyl (C=O) groups is 4. The van der Waals surface area contributed by atoms with E-state index >= 15 is 0 Å². The van der Waals surface area contributed by atoms with Crippen LogP contribution in [0.4, 0.5) is 61.5 Å². The van der Waals surface area contributed by atoms with E-state index in [1.807, 2.05) is 0 Å². The molecule has 22 heteroatoms. The third-order valence-corrected chi connectivity index (χ3v) is 6.14. The van der Waals surface area contributed by atoms with Crippen molar-refractivity contribution in [2.24, 2.45) is 11.8 Å². The highest BCUT2D eigenvalue weighted by molar-refractivity contribution is 5.84. The lowest BCUT2D eigenvalue weighted by atomic mass is 9.90. The number of halogens is 14. The van der Waals surface area contributed by atoms with E-state index in [2.05, 4.69) is 25.5 Å². The summed E-state index contributed by atoms with van der Waals surface area (Å²) in [7, 11) is 0. The summed E-state index contributed by atoms with van der Waals surface area (Å²) >= 11 is 0. The van der Waals surface area contributed by atoms with Crippen LogP contribution in [-0.2, 0) is 38.1 Å². The van der Waals surface area contributed by atoms with Crippen molar-refractivity contribution in [3.05, 3.63) is 12.7 Å². The highest BCUT2D eigenvalue weighted by Gasteiger charge is 2.81. The molecule has 240 valence electrons. The van der Waals surface area contributed by atoms with E-state index in [1.54, 1.807) is 0 Å². The van der Waals surface area contributed by atoms with Crippen molar-refractivity contribution in [1.82, 2.24) is 0 Å². The zero-order valence-corrected chi connectivity index (χ0v) is 19.9. The molecule has 0 amide bonds. The molecule has 0 aromatic carbocycles. The lowest BCUT2D eigenvalue weighted by molar-refractivity contribution is -0.366. The van der Waals surface area contributed by atoms with Crippen LogP contribution in [0, 0.1) is 11.8 Å². The van der Waals surface area contributed by atoms with Gasteiger partial charge in [0, 0.05) is 17.9 Å². The molecule has 2 aliphatic rings. The zero-order valence-electron chi connectivity index (χ0n) is 19.9. The van der Waals surface area contributed by atoms with Crippen LogP contribution in [0.15, 0.2) is 12.7 Å². The molecular formula is C20H14F14O8. The molecule has 0 spiro atoms. The van der Waals surface area contributed by atoms with Gasteiger partial charge in [-0.2, -0.15) is 61.5 Å². The molecule has 0 aromatic rings. The first-order valence-corrected chi connectivity index (χ1v) is 10.8. The van der Waals surface area contributed by atoms with Crippen LogP contribution in [0.25, 0.3) is 0 Å². The molecule has 2 rings (SSSR count). The van der Waals surface area contributed by atoms with Gasteiger partial charge in [-0.15, -0.1) is 0 Å². The number of alkyl halides is 14. The molecule has 2 fully saturated rings. The first-order chi connectivity index (χ1) is 18.7. The van der Waals surface area contributed by atoms with E-state index in [-0.39, 0.29) is 6.42 Å². The van der Waals surface area contributed by atoms with E-state index in [0.29, 0.717) is 6.08 Å². The summed E-state index contributed by atoms with van der Waals surface area (Å²) in [4.78, 5) is 47.1. The smallest absolute Gasteiger partial charge is 0.451 e. The fourth-order valence-electron chi connectivity index (χ4n) is 4.09. The number of rotatable bonds is 10. The van der Waals surface area contributed by atoms with Crippen LogP contribution < -0.4 is 0 Å². The van der Waals surface area contributed by atoms with Gasteiger partial charge in [-0.25, -0.2) is 19.2 Å². The Morgan fingerprint density at radius 1 is 0.738 bits per heavy atom. The molecule has 8 nitrogen and oxygen atoms in total. The molecule has 3 unspecified atom stereocenters. The zero-order chi connectivity index (χ0) is 32.9. The van der Waals surface area contributed by atoms with Crippen LogP contribution >= 0.6 is 0 Å². The Kier molecular flexibility index (Phi) is 8.90. The Bertz CT molecular complexity index is 1060. The van der Waals surface area contributed by atoms with Gasteiger partial charge in [0.2, 0.25) is 0 Å². The monoisotopic (exact) mass is 648 g/mol. The third kappa shape index (κ3) is 5.66. The first kappa shape index (κ1) is 34.8. The maximum absolute atomic E-state index is 14.0. The van der Waals surface area contributed by atoms with E-state index in [1.165, 1.54) is 0 Å². The normalized spacial score (nSPS) is 22.8. The van der Waals surface area contributed by atoms with E-state index < -0.39 is 103 Å². The first-order valence-electron chi connectivity index (χ1n) is 10.8. The average molecular weight is 648 g/mol. The minimum Gasteiger partial charge on any atom is -0.451 e. The van der Waals surface area contributed by atoms with Crippen LogP contribution in [0.3, 0.4) is 0 Å². The molecule has 42 heavy (non-hydrogen) atoms. The maximum Gasteiger partial charge on any atom is 0.460 e. The molecule has 0 radical (unpaired) electrons.